The first kappa shape index (κ1) is 13.5. The topological polar surface area (TPSA) is 48.4 Å². The normalized spacial score (nSPS) is 10.3. The van der Waals surface area contributed by atoms with E-state index in [0.717, 1.165) is 21.2 Å². The lowest BCUT2D eigenvalue weighted by Gasteiger charge is -2.04. The fraction of sp³-hybridized carbons (Fsp3) is 0.286. The highest BCUT2D eigenvalue weighted by atomic mass is 32.1. The number of methoxy groups -OCH3 is 1. The predicted octanol–water partition coefficient (Wildman–Crippen LogP) is 3.30. The summed E-state index contributed by atoms with van der Waals surface area (Å²) < 4.78 is 10.2. The molecule has 100 valence electrons. The summed E-state index contributed by atoms with van der Waals surface area (Å²) >= 11 is 1.48. The Labute approximate surface area is 116 Å². The average Bonchev–Trinajstić information content (AvgIpc) is 2.81. The van der Waals surface area contributed by atoms with E-state index in [1.165, 1.54) is 11.3 Å². The Balaban J connectivity index is 2.40. The van der Waals surface area contributed by atoms with Gasteiger partial charge in [-0.2, -0.15) is 0 Å². The van der Waals surface area contributed by atoms with E-state index in [4.69, 9.17) is 9.47 Å². The van der Waals surface area contributed by atoms with Crippen molar-refractivity contribution in [3.8, 4) is 16.2 Å². The first-order chi connectivity index (χ1) is 9.15. The zero-order valence-corrected chi connectivity index (χ0v) is 11.9. The maximum absolute atomic E-state index is 11.9. The summed E-state index contributed by atoms with van der Waals surface area (Å²) in [6, 6.07) is 7.54. The summed E-state index contributed by atoms with van der Waals surface area (Å²) in [5, 5.41) is 0.842. The van der Waals surface area contributed by atoms with Crippen molar-refractivity contribution in [1.82, 2.24) is 4.98 Å². The van der Waals surface area contributed by atoms with Gasteiger partial charge < -0.3 is 9.47 Å². The van der Waals surface area contributed by atoms with Gasteiger partial charge in [0.05, 0.1) is 23.6 Å². The molecule has 0 aliphatic heterocycles. The second-order valence-electron chi connectivity index (χ2n) is 3.86. The lowest BCUT2D eigenvalue weighted by atomic mass is 10.1. The van der Waals surface area contributed by atoms with E-state index >= 15 is 0 Å². The minimum atomic E-state index is -0.377. The van der Waals surface area contributed by atoms with Crippen molar-refractivity contribution >= 4 is 17.3 Å². The molecule has 1 aromatic heterocycles. The summed E-state index contributed by atoms with van der Waals surface area (Å²) in [7, 11) is 1.62. The summed E-state index contributed by atoms with van der Waals surface area (Å²) in [4.78, 5) is 17.0. The van der Waals surface area contributed by atoms with Crippen LogP contribution in [0.2, 0.25) is 0 Å². The predicted molar refractivity (Wildman–Crippen MR) is 74.8 cm³/mol. The van der Waals surface area contributed by atoms with Crippen molar-refractivity contribution in [2.45, 2.75) is 13.8 Å². The molecule has 0 saturated carbocycles. The molecule has 0 N–H and O–H groups in total. The molecule has 0 fully saturated rings. The number of benzene rings is 1. The van der Waals surface area contributed by atoms with Gasteiger partial charge in [0.1, 0.15) is 5.75 Å². The molecule has 0 unspecified atom stereocenters. The molecule has 0 atom stereocenters. The van der Waals surface area contributed by atoms with E-state index in [-0.39, 0.29) is 5.97 Å². The number of esters is 1. The third-order valence-corrected chi connectivity index (χ3v) is 3.57. The Hall–Kier alpha value is -1.88. The van der Waals surface area contributed by atoms with Gasteiger partial charge >= 0.3 is 5.97 Å². The molecule has 1 aromatic carbocycles. The van der Waals surface area contributed by atoms with Crippen molar-refractivity contribution in [3.63, 3.8) is 0 Å². The minimum Gasteiger partial charge on any atom is -0.497 e. The SMILES string of the molecule is CCOC(=O)c1nc(C)sc1-c1ccc(OC)cc1. The molecule has 0 bridgehead atoms. The maximum atomic E-state index is 11.9. The molecule has 1 heterocycles. The Kier molecular flexibility index (Phi) is 4.16. The second-order valence-corrected chi connectivity index (χ2v) is 5.06. The molecule has 19 heavy (non-hydrogen) atoms. The zero-order chi connectivity index (χ0) is 13.8. The number of hydrogen-bond donors (Lipinski definition) is 0. The van der Waals surface area contributed by atoms with Crippen molar-refractivity contribution in [2.75, 3.05) is 13.7 Å². The lowest BCUT2D eigenvalue weighted by molar-refractivity contribution is 0.0521. The first-order valence-corrected chi connectivity index (χ1v) is 6.76. The van der Waals surface area contributed by atoms with Crippen LogP contribution in [0.1, 0.15) is 22.4 Å². The summed E-state index contributed by atoms with van der Waals surface area (Å²) in [6.45, 7) is 4.00. The van der Waals surface area contributed by atoms with Crippen LogP contribution in [-0.2, 0) is 4.74 Å². The minimum absolute atomic E-state index is 0.345. The van der Waals surface area contributed by atoms with Crippen molar-refractivity contribution in [3.05, 3.63) is 35.0 Å². The van der Waals surface area contributed by atoms with Gasteiger partial charge in [0, 0.05) is 0 Å². The standard InChI is InChI=1S/C14H15NO3S/c1-4-18-14(16)12-13(19-9(2)15-12)10-5-7-11(17-3)8-6-10/h5-8H,4H2,1-3H3. The molecule has 0 spiro atoms. The van der Waals surface area contributed by atoms with Crippen LogP contribution >= 0.6 is 11.3 Å². The van der Waals surface area contributed by atoms with E-state index in [0.29, 0.717) is 12.3 Å². The molecule has 0 aliphatic rings. The lowest BCUT2D eigenvalue weighted by Crippen LogP contribution is -2.06. The number of rotatable bonds is 4. The van der Waals surface area contributed by atoms with Gasteiger partial charge in [-0.25, -0.2) is 9.78 Å². The van der Waals surface area contributed by atoms with Gasteiger partial charge in [0.25, 0.3) is 0 Å². The number of carbonyl (C=O) groups is 1. The van der Waals surface area contributed by atoms with Crippen LogP contribution in [0.3, 0.4) is 0 Å². The highest BCUT2D eigenvalue weighted by Crippen LogP contribution is 2.31. The quantitative estimate of drug-likeness (QED) is 0.804. The molecular formula is C14H15NO3S. The fourth-order valence-electron chi connectivity index (χ4n) is 1.70. The monoisotopic (exact) mass is 277 g/mol. The molecule has 0 aliphatic carbocycles. The average molecular weight is 277 g/mol. The Morgan fingerprint density at radius 3 is 2.58 bits per heavy atom. The number of nitrogens with zero attached hydrogens (tertiary/aromatic N) is 1. The Morgan fingerprint density at radius 1 is 1.32 bits per heavy atom. The molecule has 0 radical (unpaired) electrons. The van der Waals surface area contributed by atoms with Crippen LogP contribution in [0.4, 0.5) is 0 Å². The number of carbonyl (C=O) groups excluding carboxylic acids is 1. The van der Waals surface area contributed by atoms with E-state index in [1.54, 1.807) is 14.0 Å². The highest BCUT2D eigenvalue weighted by molar-refractivity contribution is 7.15. The largest absolute Gasteiger partial charge is 0.497 e. The summed E-state index contributed by atoms with van der Waals surface area (Å²) in [5.74, 6) is 0.403. The van der Waals surface area contributed by atoms with Gasteiger partial charge in [-0.15, -0.1) is 11.3 Å². The molecule has 5 heteroatoms. The van der Waals surface area contributed by atoms with E-state index in [9.17, 15) is 4.79 Å². The molecule has 2 aromatic rings. The Bertz CT molecular complexity index is 575. The molecule has 2 rings (SSSR count). The van der Waals surface area contributed by atoms with Gasteiger partial charge in [-0.1, -0.05) is 0 Å². The van der Waals surface area contributed by atoms with Gasteiger partial charge in [-0.3, -0.25) is 0 Å². The van der Waals surface area contributed by atoms with Crippen LogP contribution in [0.5, 0.6) is 5.75 Å². The number of hydrogen-bond acceptors (Lipinski definition) is 5. The van der Waals surface area contributed by atoms with Crippen LogP contribution in [0.25, 0.3) is 10.4 Å². The van der Waals surface area contributed by atoms with Crippen LogP contribution in [0.15, 0.2) is 24.3 Å². The fourth-order valence-corrected chi connectivity index (χ4v) is 2.61. The molecule has 0 amide bonds. The Morgan fingerprint density at radius 2 is 2.00 bits per heavy atom. The number of aryl methyl sites for hydroxylation is 1. The number of ether oxygens (including phenoxy) is 2. The second kappa shape index (κ2) is 5.84. The molecule has 0 saturated heterocycles. The number of thiazole rings is 1. The first-order valence-electron chi connectivity index (χ1n) is 5.94. The third kappa shape index (κ3) is 2.93. The van der Waals surface area contributed by atoms with Crippen LogP contribution in [0, 0.1) is 6.92 Å². The number of aromatic nitrogens is 1. The van der Waals surface area contributed by atoms with Crippen LogP contribution < -0.4 is 4.74 Å². The molecular weight excluding hydrogens is 262 g/mol. The third-order valence-electron chi connectivity index (χ3n) is 2.56. The van der Waals surface area contributed by atoms with E-state index < -0.39 is 0 Å². The maximum Gasteiger partial charge on any atom is 0.358 e. The van der Waals surface area contributed by atoms with Gasteiger partial charge in [-0.05, 0) is 43.7 Å². The van der Waals surface area contributed by atoms with E-state index in [2.05, 4.69) is 4.98 Å². The smallest absolute Gasteiger partial charge is 0.358 e. The van der Waals surface area contributed by atoms with Gasteiger partial charge in [0.15, 0.2) is 5.69 Å². The summed E-state index contributed by atoms with van der Waals surface area (Å²) in [6.07, 6.45) is 0. The van der Waals surface area contributed by atoms with E-state index in [1.807, 2.05) is 31.2 Å². The van der Waals surface area contributed by atoms with Crippen molar-refractivity contribution in [1.29, 1.82) is 0 Å². The molecule has 4 nitrogen and oxygen atoms in total. The van der Waals surface area contributed by atoms with Crippen LogP contribution in [-0.4, -0.2) is 24.7 Å². The summed E-state index contributed by atoms with van der Waals surface area (Å²) in [5.41, 5.74) is 1.32. The highest BCUT2D eigenvalue weighted by Gasteiger charge is 2.19. The van der Waals surface area contributed by atoms with Crippen molar-refractivity contribution in [2.24, 2.45) is 0 Å². The van der Waals surface area contributed by atoms with Gasteiger partial charge in [0.2, 0.25) is 0 Å². The van der Waals surface area contributed by atoms with Crippen molar-refractivity contribution < 1.29 is 14.3 Å². The zero-order valence-electron chi connectivity index (χ0n) is 11.1.